The molecule has 0 unspecified atom stereocenters. The lowest BCUT2D eigenvalue weighted by Gasteiger charge is -2.19. The second-order valence-corrected chi connectivity index (χ2v) is 6.12. The van der Waals surface area contributed by atoms with Crippen molar-refractivity contribution >= 4 is 17.1 Å². The first kappa shape index (κ1) is 15.5. The van der Waals surface area contributed by atoms with Crippen LogP contribution < -0.4 is 14.5 Å². The van der Waals surface area contributed by atoms with Crippen LogP contribution in [0.2, 0.25) is 0 Å². The zero-order chi connectivity index (χ0) is 16.2. The third-order valence-electron chi connectivity index (χ3n) is 4.42. The van der Waals surface area contributed by atoms with Gasteiger partial charge in [0.25, 0.3) is 0 Å². The van der Waals surface area contributed by atoms with Crippen molar-refractivity contribution in [3.8, 4) is 0 Å². The zero-order valence-electron chi connectivity index (χ0n) is 14.2. The summed E-state index contributed by atoms with van der Waals surface area (Å²) in [5, 5.41) is 6.66. The lowest BCUT2D eigenvalue weighted by molar-refractivity contribution is -0.672. The van der Waals surface area contributed by atoms with Crippen LogP contribution in [0.25, 0.3) is 0 Å². The lowest BCUT2D eigenvalue weighted by atomic mass is 10.2. The van der Waals surface area contributed by atoms with E-state index in [1.807, 2.05) is 44.4 Å². The Labute approximate surface area is 138 Å². The normalized spacial score (nSPS) is 15.1. The Hall–Kier alpha value is -2.36. The van der Waals surface area contributed by atoms with E-state index in [4.69, 9.17) is 5.10 Å². The number of aryl methyl sites for hydroxylation is 1. The molecule has 0 N–H and O–H groups in total. The standard InChI is InChI=1S/C19H25N4/c1-16(19-8-4-5-13-21(19)2)20-22(3)17-9-11-18(12-10-17)23-14-6-7-15-23/h4-5,8-13H,6-7,14-15H2,1-3H3/q+1. The highest BCUT2D eigenvalue weighted by molar-refractivity contribution is 5.96. The van der Waals surface area contributed by atoms with Gasteiger partial charge in [0.05, 0.1) is 5.69 Å². The highest BCUT2D eigenvalue weighted by atomic mass is 15.4. The molecule has 0 atom stereocenters. The number of hydrogen-bond acceptors (Lipinski definition) is 3. The summed E-state index contributed by atoms with van der Waals surface area (Å²) >= 11 is 0. The molecule has 2 heterocycles. The first-order chi connectivity index (χ1) is 11.1. The Morgan fingerprint density at radius 2 is 1.78 bits per heavy atom. The summed E-state index contributed by atoms with van der Waals surface area (Å²) in [6, 6.07) is 14.8. The van der Waals surface area contributed by atoms with Gasteiger partial charge in [-0.25, -0.2) is 0 Å². The summed E-state index contributed by atoms with van der Waals surface area (Å²) in [5.41, 5.74) is 4.54. The molecular weight excluding hydrogens is 284 g/mol. The molecule has 1 aliphatic heterocycles. The van der Waals surface area contributed by atoms with E-state index in [-0.39, 0.29) is 0 Å². The number of pyridine rings is 1. The Bertz CT molecular complexity index is 685. The quantitative estimate of drug-likeness (QED) is 0.492. The van der Waals surface area contributed by atoms with Gasteiger partial charge < -0.3 is 4.90 Å². The maximum atomic E-state index is 4.72. The maximum absolute atomic E-state index is 4.72. The third-order valence-corrected chi connectivity index (χ3v) is 4.42. The molecule has 23 heavy (non-hydrogen) atoms. The second-order valence-electron chi connectivity index (χ2n) is 6.12. The van der Waals surface area contributed by atoms with Crippen molar-refractivity contribution < 1.29 is 4.57 Å². The van der Waals surface area contributed by atoms with Gasteiger partial charge in [0.1, 0.15) is 12.8 Å². The van der Waals surface area contributed by atoms with Crippen LogP contribution in [0.15, 0.2) is 53.8 Å². The number of nitrogens with zero attached hydrogens (tertiary/aromatic N) is 4. The molecule has 0 aliphatic carbocycles. The van der Waals surface area contributed by atoms with Gasteiger partial charge in [0.2, 0.25) is 5.69 Å². The minimum atomic E-state index is 0.999. The molecule has 0 saturated carbocycles. The van der Waals surface area contributed by atoms with Crippen molar-refractivity contribution in [2.75, 3.05) is 30.0 Å². The molecular formula is C19H25N4+. The van der Waals surface area contributed by atoms with Gasteiger partial charge in [-0.1, -0.05) is 0 Å². The van der Waals surface area contributed by atoms with E-state index in [1.54, 1.807) is 0 Å². The van der Waals surface area contributed by atoms with Crippen molar-refractivity contribution in [2.45, 2.75) is 19.8 Å². The van der Waals surface area contributed by atoms with Crippen LogP contribution in [0.4, 0.5) is 11.4 Å². The van der Waals surface area contributed by atoms with Crippen molar-refractivity contribution in [3.05, 3.63) is 54.4 Å². The molecule has 120 valence electrons. The second kappa shape index (κ2) is 6.82. The molecule has 0 amide bonds. The fraction of sp³-hybridized carbons (Fsp3) is 0.368. The van der Waals surface area contributed by atoms with E-state index in [1.165, 1.54) is 31.6 Å². The van der Waals surface area contributed by atoms with E-state index in [9.17, 15) is 0 Å². The molecule has 4 nitrogen and oxygen atoms in total. The van der Waals surface area contributed by atoms with E-state index in [2.05, 4.69) is 39.8 Å². The molecule has 1 saturated heterocycles. The Morgan fingerprint density at radius 3 is 2.43 bits per heavy atom. The summed E-state index contributed by atoms with van der Waals surface area (Å²) in [5.74, 6) is 0. The van der Waals surface area contributed by atoms with Crippen LogP contribution in [0.1, 0.15) is 25.5 Å². The number of benzene rings is 1. The van der Waals surface area contributed by atoms with Gasteiger partial charge >= 0.3 is 0 Å². The van der Waals surface area contributed by atoms with Gasteiger partial charge in [-0.05, 0) is 50.1 Å². The Kier molecular flexibility index (Phi) is 4.60. The third kappa shape index (κ3) is 3.52. The Balaban J connectivity index is 1.76. The summed E-state index contributed by atoms with van der Waals surface area (Å²) in [6.45, 7) is 4.40. The molecule has 3 rings (SSSR count). The topological polar surface area (TPSA) is 22.7 Å². The molecule has 1 aromatic carbocycles. The van der Waals surface area contributed by atoms with Gasteiger partial charge in [0, 0.05) is 38.0 Å². The smallest absolute Gasteiger partial charge is 0.228 e. The molecule has 1 aliphatic rings. The zero-order valence-corrected chi connectivity index (χ0v) is 14.2. The number of aromatic nitrogens is 1. The maximum Gasteiger partial charge on any atom is 0.228 e. The number of hydrogen-bond donors (Lipinski definition) is 0. The summed E-state index contributed by atoms with van der Waals surface area (Å²) in [4.78, 5) is 2.45. The van der Waals surface area contributed by atoms with Crippen LogP contribution in [0.3, 0.4) is 0 Å². The predicted molar refractivity (Wildman–Crippen MR) is 96.1 cm³/mol. The number of anilines is 2. The average molecular weight is 309 g/mol. The first-order valence-corrected chi connectivity index (χ1v) is 8.24. The van der Waals surface area contributed by atoms with Crippen molar-refractivity contribution in [1.29, 1.82) is 0 Å². The Morgan fingerprint density at radius 1 is 1.09 bits per heavy atom. The van der Waals surface area contributed by atoms with Gasteiger partial charge in [-0.15, -0.1) is 0 Å². The molecule has 4 heteroatoms. The van der Waals surface area contributed by atoms with Crippen LogP contribution in [0, 0.1) is 0 Å². The van der Waals surface area contributed by atoms with Gasteiger partial charge in [0.15, 0.2) is 6.20 Å². The fourth-order valence-corrected chi connectivity index (χ4v) is 3.09. The lowest BCUT2D eigenvalue weighted by Crippen LogP contribution is -2.35. The monoisotopic (exact) mass is 309 g/mol. The van der Waals surface area contributed by atoms with Crippen LogP contribution >= 0.6 is 0 Å². The molecule has 1 aromatic heterocycles. The predicted octanol–water partition coefficient (Wildman–Crippen LogP) is 2.97. The first-order valence-electron chi connectivity index (χ1n) is 8.24. The SMILES string of the molecule is C/C(=N\N(C)c1ccc(N2CCCC2)cc1)c1cccc[n+]1C. The highest BCUT2D eigenvalue weighted by Crippen LogP contribution is 2.23. The van der Waals surface area contributed by atoms with Gasteiger partial charge in [-0.2, -0.15) is 9.67 Å². The van der Waals surface area contributed by atoms with Crippen molar-refractivity contribution in [2.24, 2.45) is 12.1 Å². The molecule has 0 spiro atoms. The van der Waals surface area contributed by atoms with Crippen LogP contribution in [0.5, 0.6) is 0 Å². The van der Waals surface area contributed by atoms with Crippen LogP contribution in [-0.4, -0.2) is 25.8 Å². The van der Waals surface area contributed by atoms with Crippen molar-refractivity contribution in [1.82, 2.24) is 0 Å². The summed E-state index contributed by atoms with van der Waals surface area (Å²) in [7, 11) is 4.04. The number of hydrazone groups is 1. The van der Waals surface area contributed by atoms with E-state index in [0.717, 1.165) is 17.1 Å². The largest absolute Gasteiger partial charge is 0.372 e. The molecule has 0 bridgehead atoms. The van der Waals surface area contributed by atoms with E-state index < -0.39 is 0 Å². The van der Waals surface area contributed by atoms with Gasteiger partial charge in [-0.3, -0.25) is 5.01 Å². The highest BCUT2D eigenvalue weighted by Gasteiger charge is 2.13. The molecule has 0 radical (unpaired) electrons. The average Bonchev–Trinajstić information content (AvgIpc) is 3.09. The molecule has 1 fully saturated rings. The molecule has 2 aromatic rings. The van der Waals surface area contributed by atoms with E-state index >= 15 is 0 Å². The minimum Gasteiger partial charge on any atom is -0.372 e. The number of rotatable bonds is 4. The van der Waals surface area contributed by atoms with Crippen LogP contribution in [-0.2, 0) is 7.05 Å². The summed E-state index contributed by atoms with van der Waals surface area (Å²) in [6.07, 6.45) is 4.65. The van der Waals surface area contributed by atoms with Crippen molar-refractivity contribution in [3.63, 3.8) is 0 Å². The van der Waals surface area contributed by atoms with E-state index in [0.29, 0.717) is 0 Å². The minimum absolute atomic E-state index is 0.999. The summed E-state index contributed by atoms with van der Waals surface area (Å²) < 4.78 is 2.09. The fourth-order valence-electron chi connectivity index (χ4n) is 3.09.